The SMILES string of the molecule is CNC(c1ccc2[nH]c(=O)[nH]c2c1)C(F)(F)C(F)(F)F. The van der Waals surface area contributed by atoms with E-state index in [9.17, 15) is 26.7 Å². The summed E-state index contributed by atoms with van der Waals surface area (Å²) < 4.78 is 64.1. The fourth-order valence-electron chi connectivity index (χ4n) is 1.95. The number of halogens is 5. The Kier molecular flexibility index (Phi) is 3.32. The van der Waals surface area contributed by atoms with Gasteiger partial charge >= 0.3 is 17.8 Å². The van der Waals surface area contributed by atoms with Gasteiger partial charge in [0, 0.05) is 0 Å². The highest BCUT2D eigenvalue weighted by atomic mass is 19.4. The quantitative estimate of drug-likeness (QED) is 0.761. The first-order valence-electron chi connectivity index (χ1n) is 5.50. The molecule has 2 aromatic rings. The minimum Gasteiger partial charge on any atom is -0.308 e. The molecule has 0 aliphatic rings. The summed E-state index contributed by atoms with van der Waals surface area (Å²) in [6.45, 7) is 0. The van der Waals surface area contributed by atoms with Gasteiger partial charge < -0.3 is 15.3 Å². The molecular formula is C11H10F5N3O. The van der Waals surface area contributed by atoms with Crippen LogP contribution < -0.4 is 11.0 Å². The van der Waals surface area contributed by atoms with Gasteiger partial charge in [0.2, 0.25) is 0 Å². The number of nitrogens with one attached hydrogen (secondary N) is 3. The van der Waals surface area contributed by atoms with Crippen molar-refractivity contribution < 1.29 is 22.0 Å². The van der Waals surface area contributed by atoms with Crippen molar-refractivity contribution in [3.05, 3.63) is 34.2 Å². The van der Waals surface area contributed by atoms with Gasteiger partial charge in [0.15, 0.2) is 0 Å². The lowest BCUT2D eigenvalue weighted by atomic mass is 9.99. The Morgan fingerprint density at radius 3 is 2.25 bits per heavy atom. The molecule has 2 rings (SSSR count). The molecule has 0 spiro atoms. The van der Waals surface area contributed by atoms with E-state index in [1.54, 1.807) is 0 Å². The molecule has 1 unspecified atom stereocenters. The van der Waals surface area contributed by atoms with E-state index in [4.69, 9.17) is 0 Å². The monoisotopic (exact) mass is 295 g/mol. The number of aromatic nitrogens is 2. The molecule has 0 radical (unpaired) electrons. The third kappa shape index (κ3) is 2.28. The lowest BCUT2D eigenvalue weighted by Crippen LogP contribution is -2.47. The summed E-state index contributed by atoms with van der Waals surface area (Å²) in [6, 6.07) is 1.20. The predicted octanol–water partition coefficient (Wildman–Crippen LogP) is 2.31. The zero-order chi connectivity index (χ0) is 15.1. The van der Waals surface area contributed by atoms with Gasteiger partial charge in [-0.25, -0.2) is 4.79 Å². The Balaban J connectivity index is 2.51. The average Bonchev–Trinajstić information content (AvgIpc) is 2.67. The number of H-pyrrole nitrogens is 2. The van der Waals surface area contributed by atoms with Crippen LogP contribution >= 0.6 is 0 Å². The van der Waals surface area contributed by atoms with Crippen LogP contribution in [0.25, 0.3) is 11.0 Å². The first-order valence-corrected chi connectivity index (χ1v) is 5.50. The van der Waals surface area contributed by atoms with Crippen molar-refractivity contribution in [3.63, 3.8) is 0 Å². The number of hydrogen-bond donors (Lipinski definition) is 3. The fraction of sp³-hybridized carbons (Fsp3) is 0.364. The molecule has 0 saturated carbocycles. The molecule has 4 nitrogen and oxygen atoms in total. The molecule has 0 fully saturated rings. The smallest absolute Gasteiger partial charge is 0.308 e. The van der Waals surface area contributed by atoms with Crippen molar-refractivity contribution in [2.24, 2.45) is 0 Å². The Morgan fingerprint density at radius 1 is 1.10 bits per heavy atom. The molecule has 0 saturated heterocycles. The van der Waals surface area contributed by atoms with Gasteiger partial charge in [0.1, 0.15) is 6.04 Å². The standard InChI is InChI=1S/C11H10F5N3O/c1-17-8(10(12,13)11(14,15)16)5-2-3-6-7(4-5)19-9(20)18-6/h2-4,8,17H,1H3,(H2,18,19,20). The molecule has 1 heterocycles. The van der Waals surface area contributed by atoms with Gasteiger partial charge in [-0.2, -0.15) is 22.0 Å². The summed E-state index contributed by atoms with van der Waals surface area (Å²) in [7, 11) is 1.01. The number of alkyl halides is 5. The normalized spacial score (nSPS) is 14.7. The van der Waals surface area contributed by atoms with Gasteiger partial charge in [-0.1, -0.05) is 6.07 Å². The zero-order valence-corrected chi connectivity index (χ0v) is 10.1. The molecule has 0 amide bonds. The maximum Gasteiger partial charge on any atom is 0.455 e. The number of benzene rings is 1. The van der Waals surface area contributed by atoms with Crippen LogP contribution in [0.2, 0.25) is 0 Å². The van der Waals surface area contributed by atoms with Gasteiger partial charge in [-0.3, -0.25) is 0 Å². The molecule has 1 aromatic carbocycles. The van der Waals surface area contributed by atoms with Crippen molar-refractivity contribution in [1.29, 1.82) is 0 Å². The van der Waals surface area contributed by atoms with E-state index in [0.717, 1.165) is 19.2 Å². The highest BCUT2D eigenvalue weighted by Crippen LogP contribution is 2.44. The zero-order valence-electron chi connectivity index (χ0n) is 10.1. The van der Waals surface area contributed by atoms with Crippen LogP contribution in [0.4, 0.5) is 22.0 Å². The molecule has 1 atom stereocenters. The molecule has 20 heavy (non-hydrogen) atoms. The highest BCUT2D eigenvalue weighted by Gasteiger charge is 2.62. The van der Waals surface area contributed by atoms with Crippen LogP contribution in [0.15, 0.2) is 23.0 Å². The first-order chi connectivity index (χ1) is 9.16. The Labute approximate surface area is 109 Å². The second kappa shape index (κ2) is 4.58. The summed E-state index contributed by atoms with van der Waals surface area (Å²) in [6.07, 6.45) is -5.68. The minimum atomic E-state index is -5.68. The van der Waals surface area contributed by atoms with Crippen LogP contribution in [0.5, 0.6) is 0 Å². The van der Waals surface area contributed by atoms with E-state index in [2.05, 4.69) is 9.97 Å². The minimum absolute atomic E-state index is 0.158. The second-order valence-electron chi connectivity index (χ2n) is 4.23. The highest BCUT2D eigenvalue weighted by molar-refractivity contribution is 5.75. The molecular weight excluding hydrogens is 285 g/mol. The first kappa shape index (κ1) is 14.5. The fourth-order valence-corrected chi connectivity index (χ4v) is 1.95. The van der Waals surface area contributed by atoms with Gasteiger partial charge in [0.25, 0.3) is 0 Å². The van der Waals surface area contributed by atoms with E-state index in [0.29, 0.717) is 5.52 Å². The van der Waals surface area contributed by atoms with Crippen molar-refractivity contribution in [2.45, 2.75) is 18.1 Å². The molecule has 3 N–H and O–H groups in total. The lowest BCUT2D eigenvalue weighted by Gasteiger charge is -2.28. The molecule has 9 heteroatoms. The molecule has 0 bridgehead atoms. The van der Waals surface area contributed by atoms with E-state index >= 15 is 0 Å². The van der Waals surface area contributed by atoms with Crippen molar-refractivity contribution in [1.82, 2.24) is 15.3 Å². The van der Waals surface area contributed by atoms with Crippen LogP contribution in [0.3, 0.4) is 0 Å². The number of aromatic amines is 2. The number of hydrogen-bond acceptors (Lipinski definition) is 2. The summed E-state index contributed by atoms with van der Waals surface area (Å²) in [5.74, 6) is -4.94. The van der Waals surface area contributed by atoms with Crippen LogP contribution in [0, 0.1) is 0 Å². The Hall–Kier alpha value is -1.90. The Bertz CT molecular complexity index is 672. The van der Waals surface area contributed by atoms with Gasteiger partial charge in [-0.15, -0.1) is 0 Å². The largest absolute Gasteiger partial charge is 0.455 e. The van der Waals surface area contributed by atoms with Gasteiger partial charge in [0.05, 0.1) is 11.0 Å². The van der Waals surface area contributed by atoms with E-state index in [1.807, 2.05) is 5.32 Å². The van der Waals surface area contributed by atoms with E-state index in [-0.39, 0.29) is 11.1 Å². The van der Waals surface area contributed by atoms with Crippen molar-refractivity contribution >= 4 is 11.0 Å². The van der Waals surface area contributed by atoms with Crippen LogP contribution in [0.1, 0.15) is 11.6 Å². The van der Waals surface area contributed by atoms with Crippen molar-refractivity contribution in [2.75, 3.05) is 7.05 Å². The van der Waals surface area contributed by atoms with Gasteiger partial charge in [-0.05, 0) is 24.7 Å². The van der Waals surface area contributed by atoms with Crippen LogP contribution in [-0.4, -0.2) is 29.1 Å². The molecule has 0 aliphatic carbocycles. The maximum absolute atomic E-state index is 13.4. The Morgan fingerprint density at radius 2 is 1.70 bits per heavy atom. The number of rotatable bonds is 3. The summed E-state index contributed by atoms with van der Waals surface area (Å²) in [5, 5.41) is 1.96. The number of fused-ring (bicyclic) bond motifs is 1. The molecule has 1 aromatic heterocycles. The average molecular weight is 295 g/mol. The lowest BCUT2D eigenvalue weighted by molar-refractivity contribution is -0.293. The summed E-state index contributed by atoms with van der Waals surface area (Å²) in [5.41, 5.74) is -0.368. The van der Waals surface area contributed by atoms with Crippen LogP contribution in [-0.2, 0) is 0 Å². The topological polar surface area (TPSA) is 60.7 Å². The predicted molar refractivity (Wildman–Crippen MR) is 61.7 cm³/mol. The summed E-state index contributed by atoms with van der Waals surface area (Å²) >= 11 is 0. The molecule has 110 valence electrons. The molecule has 0 aliphatic heterocycles. The maximum atomic E-state index is 13.4. The third-order valence-corrected chi connectivity index (χ3v) is 2.90. The number of imidazole rings is 1. The third-order valence-electron chi connectivity index (χ3n) is 2.90. The van der Waals surface area contributed by atoms with Crippen molar-refractivity contribution in [3.8, 4) is 0 Å². The second-order valence-corrected chi connectivity index (χ2v) is 4.23. The summed E-state index contributed by atoms with van der Waals surface area (Å²) in [4.78, 5) is 15.7. The van der Waals surface area contributed by atoms with E-state index in [1.165, 1.54) is 6.07 Å². The van der Waals surface area contributed by atoms with E-state index < -0.39 is 23.8 Å².